The van der Waals surface area contributed by atoms with E-state index in [9.17, 15) is 0 Å². The van der Waals surface area contributed by atoms with Crippen molar-refractivity contribution in [2.24, 2.45) is 0 Å². The van der Waals surface area contributed by atoms with E-state index in [1.807, 2.05) is 12.1 Å². The first-order chi connectivity index (χ1) is 19.3. The molecule has 8 aromatic rings. The molecule has 2 heterocycles. The van der Waals surface area contributed by atoms with Gasteiger partial charge in [0.1, 0.15) is 11.2 Å². The fourth-order valence-electron chi connectivity index (χ4n) is 7.16. The van der Waals surface area contributed by atoms with E-state index in [1.165, 1.54) is 49.5 Å². The van der Waals surface area contributed by atoms with Gasteiger partial charge in [0.15, 0.2) is 0 Å². The molecule has 0 unspecified atom stereocenters. The minimum Gasteiger partial charge on any atom is -0.456 e. The smallest absolute Gasteiger partial charge is 0.136 e. The first-order valence-corrected chi connectivity index (χ1v) is 13.4. The largest absolute Gasteiger partial charge is 0.456 e. The Balaban J connectivity index is 1.40. The predicted molar refractivity (Wildman–Crippen MR) is 160 cm³/mol. The highest BCUT2D eigenvalue weighted by molar-refractivity contribution is 6.26. The molecular formula is C37H23NO. The summed E-state index contributed by atoms with van der Waals surface area (Å²) in [6.45, 7) is 0. The number of rotatable bonds is 2. The van der Waals surface area contributed by atoms with Gasteiger partial charge in [-0.05, 0) is 57.6 Å². The average molecular weight is 498 g/mol. The molecule has 2 nitrogen and oxygen atoms in total. The lowest BCUT2D eigenvalue weighted by molar-refractivity contribution is 0.669. The molecule has 0 spiro atoms. The lowest BCUT2D eigenvalue weighted by Gasteiger charge is -2.33. The van der Waals surface area contributed by atoms with Crippen molar-refractivity contribution in [2.45, 2.75) is 5.41 Å². The van der Waals surface area contributed by atoms with Crippen molar-refractivity contribution in [1.82, 2.24) is 4.98 Å². The van der Waals surface area contributed by atoms with Crippen LogP contribution in [0.2, 0.25) is 0 Å². The zero-order valence-corrected chi connectivity index (χ0v) is 21.1. The van der Waals surface area contributed by atoms with Gasteiger partial charge in [-0.2, -0.15) is 0 Å². The van der Waals surface area contributed by atoms with Crippen LogP contribution < -0.4 is 0 Å². The lowest BCUT2D eigenvalue weighted by Crippen LogP contribution is -2.28. The number of nitrogens with one attached hydrogen (secondary N) is 1. The molecule has 0 amide bonds. The molecule has 0 fully saturated rings. The Bertz CT molecular complexity index is 2190. The summed E-state index contributed by atoms with van der Waals surface area (Å²) in [5, 5.41) is 4.77. The first kappa shape index (κ1) is 20.9. The van der Waals surface area contributed by atoms with E-state index in [0.29, 0.717) is 0 Å². The molecule has 39 heavy (non-hydrogen) atoms. The molecule has 9 rings (SSSR count). The zero-order valence-electron chi connectivity index (χ0n) is 21.1. The van der Waals surface area contributed by atoms with Gasteiger partial charge < -0.3 is 9.40 Å². The molecule has 1 aliphatic rings. The minimum absolute atomic E-state index is 0.405. The summed E-state index contributed by atoms with van der Waals surface area (Å²) in [5.74, 6) is 0. The molecule has 2 heteroatoms. The summed E-state index contributed by atoms with van der Waals surface area (Å²) in [6.07, 6.45) is 0. The van der Waals surface area contributed by atoms with Crippen LogP contribution in [0.5, 0.6) is 0 Å². The third kappa shape index (κ3) is 2.60. The Morgan fingerprint density at radius 2 is 1.15 bits per heavy atom. The first-order valence-electron chi connectivity index (χ1n) is 13.4. The molecule has 0 saturated heterocycles. The fraction of sp³-hybridized carbons (Fsp3) is 0.0270. The van der Waals surface area contributed by atoms with Crippen molar-refractivity contribution in [3.05, 3.63) is 156 Å². The molecule has 1 N–H and O–H groups in total. The summed E-state index contributed by atoms with van der Waals surface area (Å²) in [5.41, 5.74) is 11.5. The van der Waals surface area contributed by atoms with Crippen molar-refractivity contribution in [3.8, 4) is 11.1 Å². The lowest BCUT2D eigenvalue weighted by atomic mass is 9.67. The number of benzene rings is 6. The van der Waals surface area contributed by atoms with Gasteiger partial charge in [0.25, 0.3) is 0 Å². The third-order valence-corrected chi connectivity index (χ3v) is 8.69. The fourth-order valence-corrected chi connectivity index (χ4v) is 7.16. The van der Waals surface area contributed by atoms with Crippen molar-refractivity contribution in [3.63, 3.8) is 0 Å². The molecule has 1 aliphatic carbocycles. The number of furan rings is 1. The summed E-state index contributed by atoms with van der Waals surface area (Å²) < 4.78 is 6.22. The second kappa shape index (κ2) is 7.49. The van der Waals surface area contributed by atoms with Crippen LogP contribution in [0.3, 0.4) is 0 Å². The maximum atomic E-state index is 6.22. The number of aromatic nitrogens is 1. The van der Waals surface area contributed by atoms with Crippen LogP contribution >= 0.6 is 0 Å². The number of aromatic amines is 1. The van der Waals surface area contributed by atoms with Crippen molar-refractivity contribution < 1.29 is 4.42 Å². The Morgan fingerprint density at radius 3 is 1.95 bits per heavy atom. The van der Waals surface area contributed by atoms with Crippen LogP contribution in [-0.2, 0) is 5.41 Å². The summed E-state index contributed by atoms with van der Waals surface area (Å²) in [6, 6.07) is 48.3. The SMILES string of the molecule is c1ccc(C2(c3ccc4c(c3)[nH]c3ccc5oc6ccccc6c5c34)c3ccccc3-c3ccccc32)cc1. The van der Waals surface area contributed by atoms with Gasteiger partial charge in [0.05, 0.1) is 5.41 Å². The van der Waals surface area contributed by atoms with Crippen molar-refractivity contribution >= 4 is 43.7 Å². The molecule has 6 aromatic carbocycles. The quantitative estimate of drug-likeness (QED) is 0.253. The highest BCUT2D eigenvalue weighted by Crippen LogP contribution is 2.56. The highest BCUT2D eigenvalue weighted by Gasteiger charge is 2.45. The van der Waals surface area contributed by atoms with Crippen molar-refractivity contribution in [2.75, 3.05) is 0 Å². The van der Waals surface area contributed by atoms with Crippen LogP contribution in [0.4, 0.5) is 0 Å². The molecule has 0 saturated carbocycles. The number of para-hydroxylation sites is 1. The molecule has 0 atom stereocenters. The average Bonchev–Trinajstić information content (AvgIpc) is 3.65. The Labute approximate surface area is 225 Å². The van der Waals surface area contributed by atoms with Gasteiger partial charge in [-0.3, -0.25) is 0 Å². The second-order valence-corrected chi connectivity index (χ2v) is 10.6. The monoisotopic (exact) mass is 497 g/mol. The second-order valence-electron chi connectivity index (χ2n) is 10.6. The Hall–Kier alpha value is -5.08. The van der Waals surface area contributed by atoms with Gasteiger partial charge in [-0.15, -0.1) is 0 Å². The van der Waals surface area contributed by atoms with E-state index in [1.54, 1.807) is 0 Å². The standard InChI is InChI=1S/C37H23NO/c1-2-10-23(11-3-1)37(29-15-7-4-12-25(29)26-13-5-8-16-30(26)37)24-18-19-27-32(22-24)38-31-20-21-34-36(35(27)31)28-14-6-9-17-33(28)39-34/h1-22,38H. The number of fused-ring (bicyclic) bond motifs is 10. The van der Waals surface area contributed by atoms with Crippen LogP contribution in [-0.4, -0.2) is 4.98 Å². The molecule has 182 valence electrons. The normalized spacial score (nSPS) is 13.8. The van der Waals surface area contributed by atoms with E-state index in [4.69, 9.17) is 4.42 Å². The van der Waals surface area contributed by atoms with E-state index in [2.05, 4.69) is 126 Å². The zero-order chi connectivity index (χ0) is 25.6. The van der Waals surface area contributed by atoms with Gasteiger partial charge in [-0.25, -0.2) is 0 Å². The van der Waals surface area contributed by atoms with E-state index in [-0.39, 0.29) is 0 Å². The molecule has 2 aromatic heterocycles. The highest BCUT2D eigenvalue weighted by atomic mass is 16.3. The van der Waals surface area contributed by atoms with E-state index >= 15 is 0 Å². The van der Waals surface area contributed by atoms with Crippen LogP contribution in [0.1, 0.15) is 22.3 Å². The summed E-state index contributed by atoms with van der Waals surface area (Å²) in [4.78, 5) is 3.76. The molecule has 0 aliphatic heterocycles. The van der Waals surface area contributed by atoms with Crippen molar-refractivity contribution in [1.29, 1.82) is 0 Å². The maximum Gasteiger partial charge on any atom is 0.136 e. The molecule has 0 bridgehead atoms. The number of hydrogen-bond acceptors (Lipinski definition) is 1. The minimum atomic E-state index is -0.405. The van der Waals surface area contributed by atoms with E-state index in [0.717, 1.165) is 27.6 Å². The Morgan fingerprint density at radius 1 is 0.462 bits per heavy atom. The van der Waals surface area contributed by atoms with Gasteiger partial charge in [0.2, 0.25) is 0 Å². The molecular weight excluding hydrogens is 474 g/mol. The van der Waals surface area contributed by atoms with Crippen LogP contribution in [0.25, 0.3) is 54.9 Å². The summed E-state index contributed by atoms with van der Waals surface area (Å²) >= 11 is 0. The van der Waals surface area contributed by atoms with Crippen LogP contribution in [0.15, 0.2) is 138 Å². The van der Waals surface area contributed by atoms with Gasteiger partial charge in [-0.1, -0.05) is 109 Å². The molecule has 0 radical (unpaired) electrons. The number of hydrogen-bond donors (Lipinski definition) is 1. The maximum absolute atomic E-state index is 6.22. The third-order valence-electron chi connectivity index (χ3n) is 8.69. The Kier molecular flexibility index (Phi) is 4.02. The predicted octanol–water partition coefficient (Wildman–Crippen LogP) is 9.58. The van der Waals surface area contributed by atoms with Crippen LogP contribution in [0, 0.1) is 0 Å². The number of H-pyrrole nitrogens is 1. The topological polar surface area (TPSA) is 28.9 Å². The van der Waals surface area contributed by atoms with Gasteiger partial charge in [0, 0.05) is 32.6 Å². The van der Waals surface area contributed by atoms with E-state index < -0.39 is 5.41 Å². The van der Waals surface area contributed by atoms with Gasteiger partial charge >= 0.3 is 0 Å². The summed E-state index contributed by atoms with van der Waals surface area (Å²) in [7, 11) is 0.